The molecule has 3 rings (SSSR count). The van der Waals surface area contributed by atoms with Gasteiger partial charge in [0.25, 0.3) is 0 Å². The van der Waals surface area contributed by atoms with Gasteiger partial charge in [-0.2, -0.15) is 0 Å². The number of amides is 1. The van der Waals surface area contributed by atoms with Gasteiger partial charge in [0.15, 0.2) is 0 Å². The zero-order chi connectivity index (χ0) is 19.3. The van der Waals surface area contributed by atoms with Crippen molar-refractivity contribution in [3.63, 3.8) is 0 Å². The molecule has 0 unspecified atom stereocenters. The molecule has 0 aromatic heterocycles. The molecule has 1 saturated carbocycles. The number of carbonyl (C=O) groups is 1. The molecular formula is C20H31N3O3S. The summed E-state index contributed by atoms with van der Waals surface area (Å²) in [5.74, 6) is 0.369. The van der Waals surface area contributed by atoms with E-state index >= 15 is 0 Å². The van der Waals surface area contributed by atoms with Gasteiger partial charge in [0.2, 0.25) is 15.9 Å². The largest absolute Gasteiger partial charge is 0.334 e. The smallest absolute Gasteiger partial charge is 0.237 e. The fraction of sp³-hybridized carbons (Fsp3) is 0.650. The van der Waals surface area contributed by atoms with Crippen LogP contribution in [0.3, 0.4) is 0 Å². The highest BCUT2D eigenvalue weighted by atomic mass is 32.2. The number of likely N-dealkylation sites (tertiary alicyclic amines) is 1. The van der Waals surface area contributed by atoms with E-state index in [-0.39, 0.29) is 17.7 Å². The maximum atomic E-state index is 12.9. The summed E-state index contributed by atoms with van der Waals surface area (Å²) in [5, 5.41) is 0. The summed E-state index contributed by atoms with van der Waals surface area (Å²) in [6.45, 7) is 4.49. The van der Waals surface area contributed by atoms with Crippen molar-refractivity contribution in [3.05, 3.63) is 35.9 Å². The van der Waals surface area contributed by atoms with E-state index in [1.807, 2.05) is 30.0 Å². The molecule has 1 aliphatic heterocycles. The number of carbonyl (C=O) groups excluding carboxylic acids is 1. The van der Waals surface area contributed by atoms with Gasteiger partial charge in [-0.05, 0) is 37.7 Å². The summed E-state index contributed by atoms with van der Waals surface area (Å²) in [6.07, 6.45) is 4.34. The summed E-state index contributed by atoms with van der Waals surface area (Å²) >= 11 is 0. The Labute approximate surface area is 163 Å². The van der Waals surface area contributed by atoms with Gasteiger partial charge in [-0.15, -0.1) is 0 Å². The lowest BCUT2D eigenvalue weighted by Gasteiger charge is -2.33. The topological polar surface area (TPSA) is 69.7 Å². The Morgan fingerprint density at radius 2 is 1.81 bits per heavy atom. The Balaban J connectivity index is 1.48. The summed E-state index contributed by atoms with van der Waals surface area (Å²) in [5.41, 5.74) is 1.17. The van der Waals surface area contributed by atoms with Gasteiger partial charge in [0.05, 0.1) is 12.3 Å². The number of sulfonamides is 1. The summed E-state index contributed by atoms with van der Waals surface area (Å²) < 4.78 is 26.6. The molecule has 150 valence electrons. The average molecular weight is 394 g/mol. The van der Waals surface area contributed by atoms with Gasteiger partial charge in [0, 0.05) is 31.7 Å². The van der Waals surface area contributed by atoms with Gasteiger partial charge in [0.1, 0.15) is 0 Å². The van der Waals surface area contributed by atoms with E-state index in [4.69, 9.17) is 0 Å². The number of piperidine rings is 1. The molecular weight excluding hydrogens is 362 g/mol. The van der Waals surface area contributed by atoms with Crippen LogP contribution in [0.1, 0.15) is 44.6 Å². The molecule has 0 bridgehead atoms. The number of hydrogen-bond donors (Lipinski definition) is 1. The van der Waals surface area contributed by atoms with E-state index in [1.165, 1.54) is 5.56 Å². The van der Waals surface area contributed by atoms with Crippen molar-refractivity contribution >= 4 is 15.9 Å². The number of hydrogen-bond acceptors (Lipinski definition) is 4. The predicted molar refractivity (Wildman–Crippen MR) is 107 cm³/mol. The van der Waals surface area contributed by atoms with E-state index < -0.39 is 10.0 Å². The normalized spacial score (nSPS) is 19.1. The highest BCUT2D eigenvalue weighted by Gasteiger charge is 2.33. The van der Waals surface area contributed by atoms with E-state index in [2.05, 4.69) is 21.8 Å². The SMILES string of the molecule is CCCS(=O)(=O)NC1CCN(CC(=O)N(Cc2ccccc2)C2CC2)CC1. The van der Waals surface area contributed by atoms with Crippen LogP contribution in [0.5, 0.6) is 0 Å². The quantitative estimate of drug-likeness (QED) is 0.696. The van der Waals surface area contributed by atoms with Gasteiger partial charge in [-0.1, -0.05) is 37.3 Å². The van der Waals surface area contributed by atoms with Crippen LogP contribution in [0.4, 0.5) is 0 Å². The second-order valence-electron chi connectivity index (χ2n) is 7.73. The van der Waals surface area contributed by atoms with Gasteiger partial charge in [-0.3, -0.25) is 9.69 Å². The molecule has 27 heavy (non-hydrogen) atoms. The fourth-order valence-electron chi connectivity index (χ4n) is 3.66. The predicted octanol–water partition coefficient (Wildman–Crippen LogP) is 1.97. The molecule has 1 aromatic rings. The zero-order valence-corrected chi connectivity index (χ0v) is 17.0. The lowest BCUT2D eigenvalue weighted by atomic mass is 10.1. The zero-order valence-electron chi connectivity index (χ0n) is 16.1. The van der Waals surface area contributed by atoms with Crippen LogP contribution in [0.25, 0.3) is 0 Å². The number of rotatable bonds is 9. The molecule has 1 aromatic carbocycles. The molecule has 0 radical (unpaired) electrons. The van der Waals surface area contributed by atoms with Crippen molar-refractivity contribution in [2.45, 2.75) is 57.7 Å². The van der Waals surface area contributed by atoms with Crippen LogP contribution in [0.2, 0.25) is 0 Å². The number of benzene rings is 1. The molecule has 1 heterocycles. The minimum absolute atomic E-state index is 0.00300. The van der Waals surface area contributed by atoms with Crippen LogP contribution < -0.4 is 4.72 Å². The van der Waals surface area contributed by atoms with Crippen molar-refractivity contribution < 1.29 is 13.2 Å². The first-order chi connectivity index (χ1) is 13.0. The Morgan fingerprint density at radius 3 is 2.41 bits per heavy atom. The third kappa shape index (κ3) is 6.30. The van der Waals surface area contributed by atoms with E-state index in [0.717, 1.165) is 38.8 Å². The van der Waals surface area contributed by atoms with Crippen molar-refractivity contribution in [3.8, 4) is 0 Å². The Bertz CT molecular complexity index is 711. The number of nitrogens with zero attached hydrogens (tertiary/aromatic N) is 2. The fourth-order valence-corrected chi connectivity index (χ4v) is 5.06. The highest BCUT2D eigenvalue weighted by molar-refractivity contribution is 7.89. The van der Waals surface area contributed by atoms with Gasteiger partial charge >= 0.3 is 0 Å². The first kappa shape index (κ1) is 20.3. The standard InChI is InChI=1S/C20H31N3O3S/c1-2-14-27(25,26)21-18-10-12-22(13-11-18)16-20(24)23(19-8-9-19)15-17-6-4-3-5-7-17/h3-7,18-19,21H,2,8-16H2,1H3. The summed E-state index contributed by atoms with van der Waals surface area (Å²) in [7, 11) is -3.17. The van der Waals surface area contributed by atoms with Crippen molar-refractivity contribution in [2.75, 3.05) is 25.4 Å². The third-order valence-electron chi connectivity index (χ3n) is 5.27. The minimum atomic E-state index is -3.17. The van der Waals surface area contributed by atoms with Gasteiger partial charge < -0.3 is 4.90 Å². The summed E-state index contributed by atoms with van der Waals surface area (Å²) in [6, 6.07) is 10.5. The Kier molecular flexibility index (Phi) is 6.89. The van der Waals surface area contributed by atoms with E-state index in [0.29, 0.717) is 25.6 Å². The van der Waals surface area contributed by atoms with Crippen molar-refractivity contribution in [2.24, 2.45) is 0 Å². The Hall–Kier alpha value is -1.44. The molecule has 1 aliphatic carbocycles. The minimum Gasteiger partial charge on any atom is -0.334 e. The Morgan fingerprint density at radius 1 is 1.15 bits per heavy atom. The molecule has 0 spiro atoms. The van der Waals surface area contributed by atoms with Crippen LogP contribution in [-0.2, 0) is 21.4 Å². The molecule has 7 heteroatoms. The maximum Gasteiger partial charge on any atom is 0.237 e. The first-order valence-electron chi connectivity index (χ1n) is 10.0. The van der Waals surface area contributed by atoms with Crippen LogP contribution in [0, 0.1) is 0 Å². The van der Waals surface area contributed by atoms with Crippen molar-refractivity contribution in [1.82, 2.24) is 14.5 Å². The average Bonchev–Trinajstić information content (AvgIpc) is 3.47. The van der Waals surface area contributed by atoms with Gasteiger partial charge in [-0.25, -0.2) is 13.1 Å². The highest BCUT2D eigenvalue weighted by Crippen LogP contribution is 2.28. The van der Waals surface area contributed by atoms with Crippen molar-refractivity contribution in [1.29, 1.82) is 0 Å². The molecule has 1 saturated heterocycles. The van der Waals surface area contributed by atoms with E-state index in [1.54, 1.807) is 0 Å². The lowest BCUT2D eigenvalue weighted by molar-refractivity contribution is -0.134. The van der Waals surface area contributed by atoms with Crippen LogP contribution >= 0.6 is 0 Å². The third-order valence-corrected chi connectivity index (χ3v) is 6.91. The van der Waals surface area contributed by atoms with E-state index in [9.17, 15) is 13.2 Å². The lowest BCUT2D eigenvalue weighted by Crippen LogP contribution is -2.48. The second-order valence-corrected chi connectivity index (χ2v) is 9.60. The summed E-state index contributed by atoms with van der Waals surface area (Å²) in [4.78, 5) is 17.0. The monoisotopic (exact) mass is 393 g/mol. The first-order valence-corrected chi connectivity index (χ1v) is 11.7. The molecule has 1 N–H and O–H groups in total. The molecule has 2 aliphatic rings. The molecule has 1 amide bonds. The maximum absolute atomic E-state index is 12.9. The van der Waals surface area contributed by atoms with Crippen LogP contribution in [-0.4, -0.2) is 61.6 Å². The number of nitrogens with one attached hydrogen (secondary N) is 1. The molecule has 2 fully saturated rings. The molecule has 6 nitrogen and oxygen atoms in total. The molecule has 0 atom stereocenters. The van der Waals surface area contributed by atoms with Crippen LogP contribution in [0.15, 0.2) is 30.3 Å². The second kappa shape index (κ2) is 9.17.